The third-order valence-corrected chi connectivity index (χ3v) is 6.98. The van der Waals surface area contributed by atoms with Crippen LogP contribution in [0.4, 0.5) is 5.69 Å². The number of hydrogen-bond acceptors (Lipinski definition) is 3. The third kappa shape index (κ3) is 5.48. The van der Waals surface area contributed by atoms with Crippen LogP contribution in [0.25, 0.3) is 0 Å². The smallest absolute Gasteiger partial charge is 0.230 e. The average Bonchev–Trinajstić information content (AvgIpc) is 2.81. The highest BCUT2D eigenvalue weighted by atomic mass is 16.2. The van der Waals surface area contributed by atoms with Gasteiger partial charge in [-0.25, -0.2) is 0 Å². The summed E-state index contributed by atoms with van der Waals surface area (Å²) in [5.74, 6) is 0.170. The van der Waals surface area contributed by atoms with Gasteiger partial charge in [-0.2, -0.15) is 0 Å². The number of carbonyl (C=O) groups is 1. The Hall–Kier alpha value is -2.33. The summed E-state index contributed by atoms with van der Waals surface area (Å²) in [5.41, 5.74) is 4.77. The van der Waals surface area contributed by atoms with E-state index in [2.05, 4.69) is 73.1 Å². The second kappa shape index (κ2) is 10.8. The van der Waals surface area contributed by atoms with E-state index in [1.165, 1.54) is 16.8 Å². The Bertz CT molecular complexity index is 837. The highest BCUT2D eigenvalue weighted by Crippen LogP contribution is 2.32. The van der Waals surface area contributed by atoms with Gasteiger partial charge in [0.15, 0.2) is 0 Å². The van der Waals surface area contributed by atoms with Crippen LogP contribution in [0.5, 0.6) is 0 Å². The van der Waals surface area contributed by atoms with E-state index in [4.69, 9.17) is 0 Å². The molecule has 0 atom stereocenters. The number of nitrogens with zero attached hydrogens (tertiary/aromatic N) is 2. The van der Waals surface area contributed by atoms with E-state index in [1.807, 2.05) is 18.2 Å². The number of benzene rings is 2. The van der Waals surface area contributed by atoms with Crippen LogP contribution in [0.1, 0.15) is 49.8 Å². The van der Waals surface area contributed by atoms with Gasteiger partial charge >= 0.3 is 0 Å². The number of amides is 1. The van der Waals surface area contributed by atoms with Crippen LogP contribution in [0.3, 0.4) is 0 Å². The van der Waals surface area contributed by atoms with E-state index in [1.54, 1.807) is 0 Å². The first kappa shape index (κ1) is 23.3. The van der Waals surface area contributed by atoms with E-state index in [-0.39, 0.29) is 5.91 Å². The largest absolute Gasteiger partial charge is 0.369 e. The van der Waals surface area contributed by atoms with Gasteiger partial charge in [0.05, 0.1) is 5.41 Å². The molecule has 0 unspecified atom stereocenters. The van der Waals surface area contributed by atoms with E-state index in [0.717, 1.165) is 64.1 Å². The molecule has 0 spiro atoms. The molecule has 1 amide bonds. The molecule has 0 radical (unpaired) electrons. The Kier molecular flexibility index (Phi) is 8.14. The number of nitrogens with one attached hydrogen (secondary N) is 1. The maximum Gasteiger partial charge on any atom is 0.230 e. The monoisotopic (exact) mass is 421 g/mol. The fraction of sp³-hybridized carbons (Fsp3) is 0.519. The van der Waals surface area contributed by atoms with Gasteiger partial charge < -0.3 is 10.2 Å². The lowest BCUT2D eigenvalue weighted by Gasteiger charge is -2.37. The molecule has 0 bridgehead atoms. The molecule has 1 aliphatic heterocycles. The van der Waals surface area contributed by atoms with Crippen molar-refractivity contribution in [3.8, 4) is 0 Å². The number of piperazine rings is 1. The van der Waals surface area contributed by atoms with Gasteiger partial charge in [0.25, 0.3) is 0 Å². The SMILES string of the molecule is CCC(CC)(C(=O)NCCCN1CCN(c2cc(C)ccc2C)CC1)c1ccccc1. The second-order valence-corrected chi connectivity index (χ2v) is 8.88. The van der Waals surface area contributed by atoms with Crippen LogP contribution < -0.4 is 10.2 Å². The molecule has 2 aromatic carbocycles. The molecule has 31 heavy (non-hydrogen) atoms. The summed E-state index contributed by atoms with van der Waals surface area (Å²) in [4.78, 5) is 18.1. The predicted octanol–water partition coefficient (Wildman–Crippen LogP) is 4.69. The molecule has 1 fully saturated rings. The Morgan fingerprint density at radius 3 is 2.29 bits per heavy atom. The quantitative estimate of drug-likeness (QED) is 0.597. The minimum atomic E-state index is -0.418. The van der Waals surface area contributed by atoms with Gasteiger partial charge in [0.2, 0.25) is 5.91 Å². The fourth-order valence-electron chi connectivity index (χ4n) is 4.81. The number of carbonyl (C=O) groups excluding carboxylic acids is 1. The molecule has 1 N–H and O–H groups in total. The number of aryl methyl sites for hydroxylation is 2. The fourth-order valence-corrected chi connectivity index (χ4v) is 4.81. The lowest BCUT2D eigenvalue weighted by Crippen LogP contribution is -2.48. The topological polar surface area (TPSA) is 35.6 Å². The summed E-state index contributed by atoms with van der Waals surface area (Å²) >= 11 is 0. The summed E-state index contributed by atoms with van der Waals surface area (Å²) < 4.78 is 0. The molecule has 4 nitrogen and oxygen atoms in total. The van der Waals surface area contributed by atoms with Gasteiger partial charge in [-0.1, -0.05) is 56.3 Å². The third-order valence-electron chi connectivity index (χ3n) is 6.98. The molecule has 2 aromatic rings. The Labute approximate surface area is 188 Å². The van der Waals surface area contributed by atoms with Crippen LogP contribution in [0, 0.1) is 13.8 Å². The van der Waals surface area contributed by atoms with Crippen LogP contribution in [-0.2, 0) is 10.2 Å². The van der Waals surface area contributed by atoms with Gasteiger partial charge in [-0.3, -0.25) is 9.69 Å². The molecule has 0 aromatic heterocycles. The first-order valence-corrected chi connectivity index (χ1v) is 11.9. The lowest BCUT2D eigenvalue weighted by atomic mass is 9.75. The summed E-state index contributed by atoms with van der Waals surface area (Å²) in [6.45, 7) is 14.7. The second-order valence-electron chi connectivity index (χ2n) is 8.88. The van der Waals surface area contributed by atoms with Crippen molar-refractivity contribution in [1.29, 1.82) is 0 Å². The summed E-state index contributed by atoms with van der Waals surface area (Å²) in [6, 6.07) is 17.0. The Balaban J connectivity index is 1.45. The van der Waals surface area contributed by atoms with Crippen molar-refractivity contribution in [2.75, 3.05) is 44.2 Å². The Morgan fingerprint density at radius 1 is 0.968 bits per heavy atom. The van der Waals surface area contributed by atoms with Crippen molar-refractivity contribution < 1.29 is 4.79 Å². The average molecular weight is 422 g/mol. The molecular formula is C27H39N3O. The molecular weight excluding hydrogens is 382 g/mol. The van der Waals surface area contributed by atoms with Gasteiger partial charge in [-0.05, 0) is 62.4 Å². The first-order valence-electron chi connectivity index (χ1n) is 11.9. The first-order chi connectivity index (χ1) is 15.0. The normalized spacial score (nSPS) is 15.2. The summed E-state index contributed by atoms with van der Waals surface area (Å²) in [6.07, 6.45) is 2.63. The molecule has 1 saturated heterocycles. The van der Waals surface area contributed by atoms with Crippen molar-refractivity contribution >= 4 is 11.6 Å². The molecule has 4 heteroatoms. The molecule has 1 heterocycles. The van der Waals surface area contributed by atoms with Crippen LogP contribution in [0.2, 0.25) is 0 Å². The number of hydrogen-bond donors (Lipinski definition) is 1. The van der Waals surface area contributed by atoms with Crippen LogP contribution in [-0.4, -0.2) is 50.1 Å². The van der Waals surface area contributed by atoms with Gasteiger partial charge in [0, 0.05) is 38.4 Å². The highest BCUT2D eigenvalue weighted by Gasteiger charge is 2.36. The van der Waals surface area contributed by atoms with E-state index in [0.29, 0.717) is 0 Å². The van der Waals surface area contributed by atoms with Crippen molar-refractivity contribution in [2.24, 2.45) is 0 Å². The van der Waals surface area contributed by atoms with Crippen LogP contribution >= 0.6 is 0 Å². The van der Waals surface area contributed by atoms with Crippen molar-refractivity contribution in [1.82, 2.24) is 10.2 Å². The van der Waals surface area contributed by atoms with Crippen molar-refractivity contribution in [2.45, 2.75) is 52.4 Å². The molecule has 168 valence electrons. The predicted molar refractivity (Wildman–Crippen MR) is 131 cm³/mol. The molecule has 0 saturated carbocycles. The van der Waals surface area contributed by atoms with E-state index in [9.17, 15) is 4.79 Å². The number of rotatable bonds is 9. The minimum absolute atomic E-state index is 0.170. The lowest BCUT2D eigenvalue weighted by molar-refractivity contribution is -0.127. The molecule has 0 aliphatic carbocycles. The maximum absolute atomic E-state index is 13.1. The maximum atomic E-state index is 13.1. The van der Waals surface area contributed by atoms with Gasteiger partial charge in [-0.15, -0.1) is 0 Å². The van der Waals surface area contributed by atoms with Crippen LogP contribution in [0.15, 0.2) is 48.5 Å². The zero-order valence-corrected chi connectivity index (χ0v) is 19.8. The molecule has 1 aliphatic rings. The zero-order valence-electron chi connectivity index (χ0n) is 19.8. The zero-order chi connectivity index (χ0) is 22.3. The summed E-state index contributed by atoms with van der Waals surface area (Å²) in [5, 5.41) is 3.24. The highest BCUT2D eigenvalue weighted by molar-refractivity contribution is 5.88. The molecule has 3 rings (SSSR count). The van der Waals surface area contributed by atoms with Crippen molar-refractivity contribution in [3.05, 3.63) is 65.2 Å². The van der Waals surface area contributed by atoms with Gasteiger partial charge in [0.1, 0.15) is 0 Å². The standard InChI is InChI=1S/C27H39N3O/c1-5-27(6-2,24-11-8-7-9-12-24)26(31)28-15-10-16-29-17-19-30(20-18-29)25-21-22(3)13-14-23(25)4/h7-9,11-14,21H,5-6,10,15-20H2,1-4H3,(H,28,31). The summed E-state index contributed by atoms with van der Waals surface area (Å²) in [7, 11) is 0. The van der Waals surface area contributed by atoms with E-state index >= 15 is 0 Å². The Morgan fingerprint density at radius 2 is 1.65 bits per heavy atom. The van der Waals surface area contributed by atoms with E-state index < -0.39 is 5.41 Å². The minimum Gasteiger partial charge on any atom is -0.369 e. The number of anilines is 1. The van der Waals surface area contributed by atoms with Crippen molar-refractivity contribution in [3.63, 3.8) is 0 Å².